The van der Waals surface area contributed by atoms with E-state index >= 15 is 0 Å². The Hall–Kier alpha value is -2.30. The highest BCUT2D eigenvalue weighted by molar-refractivity contribution is 9.10. The van der Waals surface area contributed by atoms with Crippen LogP contribution in [0, 0.1) is 0 Å². The summed E-state index contributed by atoms with van der Waals surface area (Å²) in [5, 5.41) is 6.53. The smallest absolute Gasteiger partial charge is 0.228 e. The zero-order chi connectivity index (χ0) is 17.4. The molecule has 0 spiro atoms. The highest BCUT2D eigenvalue weighted by Gasteiger charge is 2.14. The van der Waals surface area contributed by atoms with Gasteiger partial charge in [-0.15, -0.1) is 0 Å². The van der Waals surface area contributed by atoms with Crippen LogP contribution in [0.3, 0.4) is 0 Å². The molecule has 0 atom stereocenters. The van der Waals surface area contributed by atoms with Gasteiger partial charge in [0.05, 0.1) is 23.4 Å². The van der Waals surface area contributed by atoms with Crippen molar-refractivity contribution in [1.82, 2.24) is 0 Å². The van der Waals surface area contributed by atoms with Gasteiger partial charge in [-0.05, 0) is 35.0 Å². The molecule has 0 aliphatic heterocycles. The number of fused-ring (bicyclic) bond motifs is 3. The summed E-state index contributed by atoms with van der Waals surface area (Å²) in [5.74, 6) is -0.139. The second-order valence-corrected chi connectivity index (χ2v) is 7.09. The Bertz CT molecular complexity index is 1100. The average Bonchev–Trinajstić information content (AvgIpc) is 3.01. The lowest BCUT2D eigenvalue weighted by molar-refractivity contribution is -0.115. The minimum absolute atomic E-state index is 0.139. The number of nitrogens with one attached hydrogen (secondary N) is 1. The van der Waals surface area contributed by atoms with Crippen molar-refractivity contribution >= 4 is 60.9 Å². The van der Waals surface area contributed by atoms with Crippen molar-refractivity contribution in [2.75, 3.05) is 5.32 Å². The maximum absolute atomic E-state index is 12.5. The van der Waals surface area contributed by atoms with Crippen molar-refractivity contribution in [2.45, 2.75) is 6.42 Å². The minimum Gasteiger partial charge on any atom is -0.464 e. The number of amides is 1. The van der Waals surface area contributed by atoms with Gasteiger partial charge in [0.1, 0.15) is 5.58 Å². The molecule has 4 aromatic rings. The summed E-state index contributed by atoms with van der Waals surface area (Å²) in [6.07, 6.45) is 1.87. The third kappa shape index (κ3) is 3.15. The van der Waals surface area contributed by atoms with Crippen LogP contribution in [0.25, 0.3) is 21.7 Å². The van der Waals surface area contributed by atoms with Crippen LogP contribution in [-0.4, -0.2) is 5.91 Å². The van der Waals surface area contributed by atoms with Crippen LogP contribution < -0.4 is 5.32 Å². The van der Waals surface area contributed by atoms with Gasteiger partial charge in [0, 0.05) is 15.4 Å². The van der Waals surface area contributed by atoms with E-state index in [1.165, 1.54) is 0 Å². The summed E-state index contributed by atoms with van der Waals surface area (Å²) < 4.78 is 6.50. The molecular formula is C20H13BrClNO2. The van der Waals surface area contributed by atoms with Crippen molar-refractivity contribution in [2.24, 2.45) is 0 Å². The normalized spacial score (nSPS) is 11.1. The third-order valence-corrected chi connectivity index (χ3v) is 4.90. The van der Waals surface area contributed by atoms with E-state index in [4.69, 9.17) is 16.0 Å². The summed E-state index contributed by atoms with van der Waals surface area (Å²) in [6.45, 7) is 0. The molecule has 1 N–H and O–H groups in total. The Morgan fingerprint density at radius 1 is 1.12 bits per heavy atom. The summed E-state index contributed by atoms with van der Waals surface area (Å²) in [5.41, 5.74) is 2.23. The first-order valence-electron chi connectivity index (χ1n) is 7.74. The first-order valence-corrected chi connectivity index (χ1v) is 8.91. The number of carbonyl (C=O) groups is 1. The molecule has 1 aromatic heterocycles. The fourth-order valence-electron chi connectivity index (χ4n) is 2.96. The quantitative estimate of drug-likeness (QED) is 0.435. The van der Waals surface area contributed by atoms with Gasteiger partial charge >= 0.3 is 0 Å². The first-order chi connectivity index (χ1) is 12.1. The number of rotatable bonds is 3. The average molecular weight is 415 g/mol. The van der Waals surface area contributed by atoms with Crippen molar-refractivity contribution in [3.05, 3.63) is 75.9 Å². The second-order valence-electron chi connectivity index (χ2n) is 5.77. The Morgan fingerprint density at radius 2 is 1.96 bits per heavy atom. The van der Waals surface area contributed by atoms with Crippen LogP contribution >= 0.6 is 27.5 Å². The molecule has 0 saturated carbocycles. The maximum Gasteiger partial charge on any atom is 0.228 e. The highest BCUT2D eigenvalue weighted by atomic mass is 79.9. The van der Waals surface area contributed by atoms with Gasteiger partial charge in [0.25, 0.3) is 0 Å². The van der Waals surface area contributed by atoms with Gasteiger partial charge in [-0.3, -0.25) is 4.79 Å². The summed E-state index contributed by atoms with van der Waals surface area (Å²) >= 11 is 9.52. The molecule has 124 valence electrons. The molecule has 3 aromatic carbocycles. The lowest BCUT2D eigenvalue weighted by Gasteiger charge is -2.07. The molecule has 0 unspecified atom stereocenters. The van der Waals surface area contributed by atoms with E-state index in [0.717, 1.165) is 31.8 Å². The van der Waals surface area contributed by atoms with Crippen molar-refractivity contribution in [1.29, 1.82) is 0 Å². The van der Waals surface area contributed by atoms with E-state index in [1.54, 1.807) is 18.4 Å². The number of hydrogen-bond acceptors (Lipinski definition) is 2. The van der Waals surface area contributed by atoms with Crippen LogP contribution in [0.5, 0.6) is 0 Å². The maximum atomic E-state index is 12.5. The van der Waals surface area contributed by atoms with Gasteiger partial charge in [-0.25, -0.2) is 0 Å². The van der Waals surface area contributed by atoms with Crippen LogP contribution in [0.15, 0.2) is 69.8 Å². The monoisotopic (exact) mass is 413 g/mol. The molecule has 0 saturated heterocycles. The Morgan fingerprint density at radius 3 is 2.80 bits per heavy atom. The van der Waals surface area contributed by atoms with Gasteiger partial charge in [-0.2, -0.15) is 0 Å². The van der Waals surface area contributed by atoms with Crippen LogP contribution in [-0.2, 0) is 11.2 Å². The lowest BCUT2D eigenvalue weighted by Crippen LogP contribution is -2.14. The van der Waals surface area contributed by atoms with E-state index in [2.05, 4.69) is 21.2 Å². The SMILES string of the molecule is O=C(Cc1coc2ccc3ccccc3c12)Nc1ccc(Br)cc1Cl. The zero-order valence-corrected chi connectivity index (χ0v) is 15.4. The van der Waals surface area contributed by atoms with Gasteiger partial charge < -0.3 is 9.73 Å². The molecule has 3 nitrogen and oxygen atoms in total. The summed E-state index contributed by atoms with van der Waals surface area (Å²) in [6, 6.07) is 17.4. The van der Waals surface area contributed by atoms with E-state index < -0.39 is 0 Å². The van der Waals surface area contributed by atoms with E-state index in [9.17, 15) is 4.79 Å². The fraction of sp³-hybridized carbons (Fsp3) is 0.0500. The molecule has 0 aliphatic carbocycles. The molecule has 1 amide bonds. The second kappa shape index (κ2) is 6.54. The largest absolute Gasteiger partial charge is 0.464 e. The molecule has 0 bridgehead atoms. The van der Waals surface area contributed by atoms with Crippen molar-refractivity contribution in [3.8, 4) is 0 Å². The van der Waals surface area contributed by atoms with Crippen LogP contribution in [0.2, 0.25) is 5.02 Å². The first kappa shape index (κ1) is 16.2. The van der Waals surface area contributed by atoms with E-state index in [-0.39, 0.29) is 12.3 Å². The molecule has 0 fully saturated rings. The highest BCUT2D eigenvalue weighted by Crippen LogP contribution is 2.31. The fourth-order valence-corrected chi connectivity index (χ4v) is 3.68. The van der Waals surface area contributed by atoms with Gasteiger partial charge in [0.2, 0.25) is 5.91 Å². The predicted molar refractivity (Wildman–Crippen MR) is 105 cm³/mol. The number of halogens is 2. The Balaban J connectivity index is 1.66. The minimum atomic E-state index is -0.139. The Kier molecular flexibility index (Phi) is 4.24. The lowest BCUT2D eigenvalue weighted by atomic mass is 10.0. The summed E-state index contributed by atoms with van der Waals surface area (Å²) in [4.78, 5) is 12.5. The molecule has 0 aliphatic rings. The summed E-state index contributed by atoms with van der Waals surface area (Å²) in [7, 11) is 0. The molecule has 25 heavy (non-hydrogen) atoms. The van der Waals surface area contributed by atoms with Gasteiger partial charge in [-0.1, -0.05) is 57.9 Å². The number of benzene rings is 3. The number of hydrogen-bond donors (Lipinski definition) is 1. The number of anilines is 1. The van der Waals surface area contributed by atoms with Crippen LogP contribution in [0.4, 0.5) is 5.69 Å². The zero-order valence-electron chi connectivity index (χ0n) is 13.1. The van der Waals surface area contributed by atoms with E-state index in [1.807, 2.05) is 42.5 Å². The topological polar surface area (TPSA) is 42.2 Å². The standard InChI is InChI=1S/C20H13BrClNO2/c21-14-6-7-17(16(22)10-14)23-19(24)9-13-11-25-18-8-5-12-3-1-2-4-15(12)20(13)18/h1-8,10-11H,9H2,(H,23,24). The van der Waals surface area contributed by atoms with E-state index in [0.29, 0.717) is 10.7 Å². The molecule has 4 rings (SSSR count). The van der Waals surface area contributed by atoms with Crippen LogP contribution in [0.1, 0.15) is 5.56 Å². The molecule has 0 radical (unpaired) electrons. The Labute approximate surface area is 157 Å². The predicted octanol–water partition coefficient (Wildman–Crippen LogP) is 6.18. The third-order valence-electron chi connectivity index (χ3n) is 4.10. The molecule has 1 heterocycles. The van der Waals surface area contributed by atoms with Gasteiger partial charge in [0.15, 0.2) is 0 Å². The van der Waals surface area contributed by atoms with Crippen molar-refractivity contribution < 1.29 is 9.21 Å². The molecular weight excluding hydrogens is 402 g/mol. The number of carbonyl (C=O) groups excluding carboxylic acids is 1. The van der Waals surface area contributed by atoms with Crippen molar-refractivity contribution in [3.63, 3.8) is 0 Å². The number of furan rings is 1. The molecule has 5 heteroatoms.